The average Bonchev–Trinajstić information content (AvgIpc) is 2.78. The zero-order chi connectivity index (χ0) is 11.7. The first-order valence-electron chi connectivity index (χ1n) is 5.81. The van der Waals surface area contributed by atoms with Gasteiger partial charge in [-0.15, -0.1) is 0 Å². The van der Waals surface area contributed by atoms with Gasteiger partial charge in [-0.2, -0.15) is 4.98 Å². The summed E-state index contributed by atoms with van der Waals surface area (Å²) in [6, 6.07) is 2.37. The van der Waals surface area contributed by atoms with Crippen LogP contribution in [0.5, 0.6) is 0 Å². The van der Waals surface area contributed by atoms with E-state index >= 15 is 0 Å². The van der Waals surface area contributed by atoms with Crippen LogP contribution in [0.25, 0.3) is 11.0 Å². The van der Waals surface area contributed by atoms with Crippen molar-refractivity contribution in [3.05, 3.63) is 17.5 Å². The van der Waals surface area contributed by atoms with Gasteiger partial charge in [0, 0.05) is 18.8 Å². The monoisotopic (exact) mass is 251 g/mol. The normalized spacial score (nSPS) is 20.6. The van der Waals surface area contributed by atoms with Crippen LogP contribution in [0, 0.1) is 0 Å². The highest BCUT2D eigenvalue weighted by molar-refractivity contribution is 6.28. The maximum absolute atomic E-state index is 5.90. The maximum atomic E-state index is 5.90. The third kappa shape index (κ3) is 2.21. The molecule has 3 N–H and O–H groups in total. The second kappa shape index (κ2) is 4.50. The minimum absolute atomic E-state index is 0.270. The highest BCUT2D eigenvalue weighted by Crippen LogP contribution is 2.22. The topological polar surface area (TPSA) is 65.6 Å². The summed E-state index contributed by atoms with van der Waals surface area (Å²) in [7, 11) is 0. The van der Waals surface area contributed by atoms with Gasteiger partial charge >= 0.3 is 0 Å². The number of nitrogens with zero attached hydrogens (tertiary/aromatic N) is 2. The SMILES string of the molecule is Clc1nc(NC2CCCNC2)c2cc[nH]c2n1. The second-order valence-corrected chi connectivity index (χ2v) is 4.61. The van der Waals surface area contributed by atoms with Crippen LogP contribution in [0.1, 0.15) is 12.8 Å². The van der Waals surface area contributed by atoms with Gasteiger partial charge in [-0.3, -0.25) is 0 Å². The molecule has 2 aromatic heterocycles. The van der Waals surface area contributed by atoms with Crippen LogP contribution in [0.15, 0.2) is 12.3 Å². The van der Waals surface area contributed by atoms with Crippen LogP contribution >= 0.6 is 11.6 Å². The second-order valence-electron chi connectivity index (χ2n) is 4.27. The number of hydrogen-bond acceptors (Lipinski definition) is 4. The van der Waals surface area contributed by atoms with Gasteiger partial charge in [0.1, 0.15) is 11.5 Å². The van der Waals surface area contributed by atoms with Crippen molar-refractivity contribution in [1.29, 1.82) is 0 Å². The Morgan fingerprint density at radius 3 is 3.18 bits per heavy atom. The standard InChI is InChI=1S/C11H14ClN5/c12-11-16-9-8(3-5-14-9)10(17-11)15-7-2-1-4-13-6-7/h3,5,7,13H,1-2,4,6H2,(H2,14,15,16,17). The van der Waals surface area contributed by atoms with Crippen LogP contribution in [0.2, 0.25) is 5.28 Å². The lowest BCUT2D eigenvalue weighted by Crippen LogP contribution is -2.38. The van der Waals surface area contributed by atoms with Crippen molar-refractivity contribution in [3.63, 3.8) is 0 Å². The first-order valence-corrected chi connectivity index (χ1v) is 6.18. The molecule has 0 saturated carbocycles. The van der Waals surface area contributed by atoms with E-state index in [4.69, 9.17) is 11.6 Å². The Labute approximate surface area is 104 Å². The maximum Gasteiger partial charge on any atom is 0.226 e. The van der Waals surface area contributed by atoms with Crippen LogP contribution in [-0.4, -0.2) is 34.1 Å². The number of anilines is 1. The van der Waals surface area contributed by atoms with Crippen LogP contribution in [-0.2, 0) is 0 Å². The molecular formula is C11H14ClN5. The van der Waals surface area contributed by atoms with Gasteiger partial charge in [-0.1, -0.05) is 0 Å². The summed E-state index contributed by atoms with van der Waals surface area (Å²) >= 11 is 5.90. The summed E-state index contributed by atoms with van der Waals surface area (Å²) in [4.78, 5) is 11.4. The van der Waals surface area contributed by atoms with Gasteiger partial charge in [-0.05, 0) is 37.1 Å². The van der Waals surface area contributed by atoms with Crippen LogP contribution < -0.4 is 10.6 Å². The summed E-state index contributed by atoms with van der Waals surface area (Å²) in [6.45, 7) is 2.07. The molecule has 1 fully saturated rings. The number of aromatic amines is 1. The third-order valence-corrected chi connectivity index (χ3v) is 3.20. The van der Waals surface area contributed by atoms with Gasteiger partial charge in [0.15, 0.2) is 0 Å². The fourth-order valence-corrected chi connectivity index (χ4v) is 2.36. The van der Waals surface area contributed by atoms with Crippen molar-refractivity contribution in [3.8, 4) is 0 Å². The van der Waals surface area contributed by atoms with E-state index < -0.39 is 0 Å². The molecule has 0 aromatic carbocycles. The zero-order valence-electron chi connectivity index (χ0n) is 9.33. The summed E-state index contributed by atoms with van der Waals surface area (Å²) in [5.41, 5.74) is 0.774. The Balaban J connectivity index is 1.90. The lowest BCUT2D eigenvalue weighted by atomic mass is 10.1. The summed E-state index contributed by atoms with van der Waals surface area (Å²) in [5.74, 6) is 0.815. The minimum Gasteiger partial charge on any atom is -0.365 e. The highest BCUT2D eigenvalue weighted by atomic mass is 35.5. The highest BCUT2D eigenvalue weighted by Gasteiger charge is 2.15. The van der Waals surface area contributed by atoms with Crippen LogP contribution in [0.3, 0.4) is 0 Å². The Bertz CT molecular complexity index is 518. The molecule has 17 heavy (non-hydrogen) atoms. The molecule has 0 bridgehead atoms. The lowest BCUT2D eigenvalue weighted by molar-refractivity contribution is 0.479. The van der Waals surface area contributed by atoms with E-state index in [1.54, 1.807) is 0 Å². The van der Waals surface area contributed by atoms with Gasteiger partial charge in [0.25, 0.3) is 0 Å². The van der Waals surface area contributed by atoms with E-state index in [2.05, 4.69) is 25.6 Å². The smallest absolute Gasteiger partial charge is 0.226 e. The first-order chi connectivity index (χ1) is 8.33. The van der Waals surface area contributed by atoms with Crippen molar-refractivity contribution < 1.29 is 0 Å². The van der Waals surface area contributed by atoms with E-state index in [-0.39, 0.29) is 5.28 Å². The number of piperidine rings is 1. The lowest BCUT2D eigenvalue weighted by Gasteiger charge is -2.24. The van der Waals surface area contributed by atoms with E-state index in [0.717, 1.165) is 36.4 Å². The predicted molar refractivity (Wildman–Crippen MR) is 68.4 cm³/mol. The van der Waals surface area contributed by atoms with Crippen molar-refractivity contribution in [2.45, 2.75) is 18.9 Å². The van der Waals surface area contributed by atoms with E-state index in [1.165, 1.54) is 6.42 Å². The molecule has 90 valence electrons. The minimum atomic E-state index is 0.270. The predicted octanol–water partition coefficient (Wildman–Crippen LogP) is 1.78. The molecule has 3 heterocycles. The number of nitrogens with one attached hydrogen (secondary N) is 3. The molecule has 0 radical (unpaired) electrons. The van der Waals surface area contributed by atoms with Crippen molar-refractivity contribution >= 4 is 28.5 Å². The molecule has 1 unspecified atom stereocenters. The number of halogens is 1. The van der Waals surface area contributed by atoms with Crippen LogP contribution in [0.4, 0.5) is 5.82 Å². The molecule has 1 saturated heterocycles. The Hall–Kier alpha value is -1.33. The Morgan fingerprint density at radius 1 is 1.41 bits per heavy atom. The molecule has 0 amide bonds. The number of fused-ring (bicyclic) bond motifs is 1. The molecule has 1 aliphatic heterocycles. The van der Waals surface area contributed by atoms with Gasteiger partial charge < -0.3 is 15.6 Å². The molecule has 1 atom stereocenters. The molecule has 6 heteroatoms. The molecule has 1 aliphatic rings. The fourth-order valence-electron chi connectivity index (χ4n) is 2.19. The molecular weight excluding hydrogens is 238 g/mol. The van der Waals surface area contributed by atoms with Crippen molar-refractivity contribution in [2.75, 3.05) is 18.4 Å². The van der Waals surface area contributed by atoms with Crippen molar-refractivity contribution in [2.24, 2.45) is 0 Å². The molecule has 3 rings (SSSR count). The molecule has 2 aromatic rings. The Morgan fingerprint density at radius 2 is 2.35 bits per heavy atom. The number of rotatable bonds is 2. The van der Waals surface area contributed by atoms with Gasteiger partial charge in [-0.25, -0.2) is 4.98 Å². The average molecular weight is 252 g/mol. The summed E-state index contributed by atoms with van der Waals surface area (Å²) < 4.78 is 0. The van der Waals surface area contributed by atoms with E-state index in [0.29, 0.717) is 6.04 Å². The third-order valence-electron chi connectivity index (χ3n) is 3.03. The zero-order valence-corrected chi connectivity index (χ0v) is 10.1. The number of hydrogen-bond donors (Lipinski definition) is 3. The first kappa shape index (κ1) is 10.8. The summed E-state index contributed by atoms with van der Waals surface area (Å²) in [5, 5.41) is 8.05. The van der Waals surface area contributed by atoms with Crippen molar-refractivity contribution in [1.82, 2.24) is 20.3 Å². The Kier molecular flexibility index (Phi) is 2.86. The fraction of sp³-hybridized carbons (Fsp3) is 0.455. The quantitative estimate of drug-likeness (QED) is 0.712. The number of aromatic nitrogens is 3. The molecule has 0 spiro atoms. The van der Waals surface area contributed by atoms with E-state index in [9.17, 15) is 0 Å². The largest absolute Gasteiger partial charge is 0.365 e. The summed E-state index contributed by atoms with van der Waals surface area (Å²) in [6.07, 6.45) is 4.19. The van der Waals surface area contributed by atoms with Gasteiger partial charge in [0.2, 0.25) is 5.28 Å². The van der Waals surface area contributed by atoms with Gasteiger partial charge in [0.05, 0.1) is 5.39 Å². The molecule has 0 aliphatic carbocycles. The number of H-pyrrole nitrogens is 1. The van der Waals surface area contributed by atoms with E-state index in [1.807, 2.05) is 12.3 Å². The molecule has 5 nitrogen and oxygen atoms in total.